The fourth-order valence-electron chi connectivity index (χ4n) is 1.85. The minimum atomic E-state index is -0.319. The van der Waals surface area contributed by atoms with Crippen LogP contribution in [0.25, 0.3) is 0 Å². The Morgan fingerprint density at radius 1 is 1.42 bits per heavy atom. The monoisotopic (exact) mass is 264 g/mol. The summed E-state index contributed by atoms with van der Waals surface area (Å²) in [5.74, 6) is 0.940. The lowest BCUT2D eigenvalue weighted by molar-refractivity contribution is 0.386. The number of hydrogen-bond donors (Lipinski definition) is 1. The summed E-state index contributed by atoms with van der Waals surface area (Å²) in [5, 5.41) is 7.19. The van der Waals surface area contributed by atoms with Gasteiger partial charge in [0.25, 0.3) is 0 Å². The van der Waals surface area contributed by atoms with Crippen molar-refractivity contribution in [1.29, 1.82) is 0 Å². The molecule has 5 nitrogen and oxygen atoms in total. The predicted octanol–water partition coefficient (Wildman–Crippen LogP) is 2.20. The van der Waals surface area contributed by atoms with E-state index in [-0.39, 0.29) is 11.9 Å². The number of nitrogens with zero attached hydrogens (tertiary/aromatic N) is 3. The minimum Gasteiger partial charge on any atom is -0.340 e. The molecule has 1 N–H and O–H groups in total. The smallest absolute Gasteiger partial charge is 0.223 e. The van der Waals surface area contributed by atoms with Crippen LogP contribution in [0.2, 0.25) is 0 Å². The third-order valence-corrected chi connectivity index (χ3v) is 2.82. The van der Waals surface area contributed by atoms with Crippen LogP contribution in [0.4, 0.5) is 4.39 Å². The van der Waals surface area contributed by atoms with E-state index < -0.39 is 0 Å². The van der Waals surface area contributed by atoms with E-state index in [0.717, 1.165) is 18.7 Å². The molecule has 2 aromatic heterocycles. The van der Waals surface area contributed by atoms with Gasteiger partial charge >= 0.3 is 0 Å². The van der Waals surface area contributed by atoms with E-state index in [4.69, 9.17) is 4.52 Å². The summed E-state index contributed by atoms with van der Waals surface area (Å²) >= 11 is 0. The third-order valence-electron chi connectivity index (χ3n) is 2.82. The van der Waals surface area contributed by atoms with E-state index in [1.165, 1.54) is 12.3 Å². The molecular weight excluding hydrogens is 247 g/mol. The fourth-order valence-corrected chi connectivity index (χ4v) is 1.85. The number of aryl methyl sites for hydroxylation is 1. The van der Waals surface area contributed by atoms with Crippen LogP contribution < -0.4 is 5.32 Å². The molecule has 0 aliphatic rings. The molecule has 0 aliphatic heterocycles. The van der Waals surface area contributed by atoms with E-state index in [1.54, 1.807) is 13.0 Å². The lowest BCUT2D eigenvalue weighted by Gasteiger charge is -2.15. The van der Waals surface area contributed by atoms with Crippen LogP contribution in [0.3, 0.4) is 0 Å². The first-order chi connectivity index (χ1) is 9.19. The van der Waals surface area contributed by atoms with Gasteiger partial charge in [-0.1, -0.05) is 12.1 Å². The molecule has 19 heavy (non-hydrogen) atoms. The number of pyridine rings is 1. The molecule has 0 radical (unpaired) electrons. The highest BCUT2D eigenvalue weighted by atomic mass is 19.1. The van der Waals surface area contributed by atoms with Gasteiger partial charge in [-0.05, 0) is 18.6 Å². The summed E-state index contributed by atoms with van der Waals surface area (Å²) in [6.45, 7) is 4.54. The highest BCUT2D eigenvalue weighted by Gasteiger charge is 2.10. The van der Waals surface area contributed by atoms with Gasteiger partial charge in [0.15, 0.2) is 5.82 Å². The average Bonchev–Trinajstić information content (AvgIpc) is 2.82. The zero-order chi connectivity index (χ0) is 13.7. The lowest BCUT2D eigenvalue weighted by atomic mass is 10.1. The van der Waals surface area contributed by atoms with Crippen molar-refractivity contribution in [2.75, 3.05) is 6.54 Å². The second-order valence-corrected chi connectivity index (χ2v) is 4.30. The van der Waals surface area contributed by atoms with Crippen molar-refractivity contribution in [1.82, 2.24) is 20.4 Å². The van der Waals surface area contributed by atoms with Gasteiger partial charge in [-0.25, -0.2) is 4.39 Å². The largest absolute Gasteiger partial charge is 0.340 e. The number of rotatable bonds is 6. The van der Waals surface area contributed by atoms with Crippen molar-refractivity contribution in [3.63, 3.8) is 0 Å². The molecule has 0 saturated carbocycles. The molecule has 1 unspecified atom stereocenters. The standard InChI is InChI=1S/C13H17FN4O/c1-3-11(12-5-4-10(14)8-16-12)15-7-6-13-17-9(2)19-18-13/h4-5,8,11,15H,3,6-7H2,1-2H3. The third kappa shape index (κ3) is 3.82. The lowest BCUT2D eigenvalue weighted by Crippen LogP contribution is -2.24. The predicted molar refractivity (Wildman–Crippen MR) is 68.0 cm³/mol. The molecule has 0 aliphatic carbocycles. The zero-order valence-electron chi connectivity index (χ0n) is 11.1. The Hall–Kier alpha value is -1.82. The van der Waals surface area contributed by atoms with Crippen LogP contribution in [-0.2, 0) is 6.42 Å². The van der Waals surface area contributed by atoms with Gasteiger partial charge in [0.2, 0.25) is 5.89 Å². The number of hydrogen-bond acceptors (Lipinski definition) is 5. The van der Waals surface area contributed by atoms with Gasteiger partial charge in [-0.15, -0.1) is 0 Å². The summed E-state index contributed by atoms with van der Waals surface area (Å²) in [4.78, 5) is 8.23. The Morgan fingerprint density at radius 3 is 2.84 bits per heavy atom. The molecule has 1 atom stereocenters. The Labute approximate surface area is 111 Å². The topological polar surface area (TPSA) is 63.8 Å². The molecule has 0 amide bonds. The van der Waals surface area contributed by atoms with Gasteiger partial charge in [-0.3, -0.25) is 4.98 Å². The average molecular weight is 264 g/mol. The molecule has 0 spiro atoms. The van der Waals surface area contributed by atoms with Crippen LogP contribution in [-0.4, -0.2) is 21.7 Å². The Bertz CT molecular complexity index is 512. The fraction of sp³-hybridized carbons (Fsp3) is 0.462. The van der Waals surface area contributed by atoms with E-state index in [2.05, 4.69) is 27.4 Å². The van der Waals surface area contributed by atoms with Crippen molar-refractivity contribution in [2.45, 2.75) is 32.7 Å². The highest BCUT2D eigenvalue weighted by Crippen LogP contribution is 2.13. The van der Waals surface area contributed by atoms with Gasteiger partial charge < -0.3 is 9.84 Å². The van der Waals surface area contributed by atoms with Gasteiger partial charge in [0.1, 0.15) is 5.82 Å². The molecule has 0 saturated heterocycles. The quantitative estimate of drug-likeness (QED) is 0.866. The van der Waals surface area contributed by atoms with E-state index >= 15 is 0 Å². The Morgan fingerprint density at radius 2 is 2.26 bits per heavy atom. The van der Waals surface area contributed by atoms with Gasteiger partial charge in [0.05, 0.1) is 11.9 Å². The van der Waals surface area contributed by atoms with Crippen LogP contribution in [0.5, 0.6) is 0 Å². The molecule has 6 heteroatoms. The minimum absolute atomic E-state index is 0.105. The molecular formula is C13H17FN4O. The van der Waals surface area contributed by atoms with Crippen molar-refractivity contribution in [3.05, 3.63) is 41.6 Å². The normalized spacial score (nSPS) is 12.6. The number of nitrogens with one attached hydrogen (secondary N) is 1. The summed E-state index contributed by atoms with van der Waals surface area (Å²) in [7, 11) is 0. The van der Waals surface area contributed by atoms with E-state index in [0.29, 0.717) is 18.1 Å². The molecule has 2 aromatic rings. The first-order valence-electron chi connectivity index (χ1n) is 6.33. The summed E-state index contributed by atoms with van der Waals surface area (Å²) in [6, 6.07) is 3.23. The molecule has 0 fully saturated rings. The molecule has 0 bridgehead atoms. The molecule has 2 rings (SSSR count). The van der Waals surface area contributed by atoms with Gasteiger partial charge in [-0.2, -0.15) is 4.98 Å². The van der Waals surface area contributed by atoms with E-state index in [1.807, 2.05) is 0 Å². The molecule has 2 heterocycles. The Kier molecular flexibility index (Phi) is 4.57. The first-order valence-corrected chi connectivity index (χ1v) is 6.33. The van der Waals surface area contributed by atoms with Crippen molar-refractivity contribution in [3.8, 4) is 0 Å². The second-order valence-electron chi connectivity index (χ2n) is 4.30. The molecule has 102 valence electrons. The van der Waals surface area contributed by atoms with Gasteiger partial charge in [0, 0.05) is 25.9 Å². The van der Waals surface area contributed by atoms with Crippen molar-refractivity contribution < 1.29 is 8.91 Å². The second kappa shape index (κ2) is 6.38. The van der Waals surface area contributed by atoms with Crippen LogP contribution in [0, 0.1) is 12.7 Å². The zero-order valence-corrected chi connectivity index (χ0v) is 11.1. The Balaban J connectivity index is 1.87. The SMILES string of the molecule is CCC(NCCc1noc(C)n1)c1ccc(F)cn1. The summed E-state index contributed by atoms with van der Waals surface area (Å²) in [5.41, 5.74) is 0.841. The van der Waals surface area contributed by atoms with Crippen LogP contribution in [0.15, 0.2) is 22.9 Å². The summed E-state index contributed by atoms with van der Waals surface area (Å²) < 4.78 is 17.7. The highest BCUT2D eigenvalue weighted by molar-refractivity contribution is 5.09. The summed E-state index contributed by atoms with van der Waals surface area (Å²) in [6.07, 6.45) is 2.81. The maximum absolute atomic E-state index is 12.8. The number of aromatic nitrogens is 3. The van der Waals surface area contributed by atoms with E-state index in [9.17, 15) is 4.39 Å². The van der Waals surface area contributed by atoms with Crippen LogP contribution >= 0.6 is 0 Å². The maximum atomic E-state index is 12.8. The van der Waals surface area contributed by atoms with Crippen LogP contribution in [0.1, 0.15) is 36.8 Å². The number of halogens is 1. The van der Waals surface area contributed by atoms with Crippen molar-refractivity contribution in [2.24, 2.45) is 0 Å². The van der Waals surface area contributed by atoms with Crippen molar-refractivity contribution >= 4 is 0 Å². The molecule has 0 aromatic carbocycles. The first kappa shape index (κ1) is 13.6. The maximum Gasteiger partial charge on any atom is 0.223 e.